The number of aliphatic carboxylic acids is 1. The fourth-order valence-corrected chi connectivity index (χ4v) is 1.63. The van der Waals surface area contributed by atoms with Gasteiger partial charge in [-0.25, -0.2) is 0 Å². The third kappa shape index (κ3) is 2.47. The van der Waals surface area contributed by atoms with E-state index < -0.39 is 28.6 Å². The summed E-state index contributed by atoms with van der Waals surface area (Å²) in [5, 5.41) is 8.16. The maximum absolute atomic E-state index is 12.5. The van der Waals surface area contributed by atoms with Gasteiger partial charge in [0.1, 0.15) is 0 Å². The highest BCUT2D eigenvalue weighted by molar-refractivity contribution is 6.32. The van der Waals surface area contributed by atoms with E-state index in [4.69, 9.17) is 16.7 Å². The topological polar surface area (TPSA) is 37.3 Å². The molecule has 0 aliphatic carbocycles. The van der Waals surface area contributed by atoms with Crippen LogP contribution < -0.4 is 0 Å². The second kappa shape index (κ2) is 4.33. The number of carboxylic acids is 1. The summed E-state index contributed by atoms with van der Waals surface area (Å²) in [6.07, 6.45) is -4.58. The summed E-state index contributed by atoms with van der Waals surface area (Å²) in [6.45, 7) is 1.28. The average molecular weight is 253 g/mol. The van der Waals surface area contributed by atoms with Crippen LogP contribution in [-0.2, 0) is 11.0 Å². The molecular weight excluding hydrogens is 245 g/mol. The Morgan fingerprint density at radius 1 is 1.44 bits per heavy atom. The smallest absolute Gasteiger partial charge is 0.417 e. The average Bonchev–Trinajstić information content (AvgIpc) is 2.15. The quantitative estimate of drug-likeness (QED) is 0.874. The van der Waals surface area contributed by atoms with Crippen LogP contribution in [0.1, 0.15) is 24.0 Å². The largest absolute Gasteiger partial charge is 0.481 e. The lowest BCUT2D eigenvalue weighted by Crippen LogP contribution is -2.12. The molecule has 0 fully saturated rings. The van der Waals surface area contributed by atoms with E-state index in [0.29, 0.717) is 0 Å². The van der Waals surface area contributed by atoms with Crippen molar-refractivity contribution in [2.45, 2.75) is 19.0 Å². The third-order valence-electron chi connectivity index (χ3n) is 2.17. The first-order chi connectivity index (χ1) is 7.25. The Bertz CT molecular complexity index is 415. The summed E-state index contributed by atoms with van der Waals surface area (Å²) in [5.74, 6) is -2.30. The number of alkyl halides is 3. The van der Waals surface area contributed by atoms with E-state index >= 15 is 0 Å². The minimum absolute atomic E-state index is 0.0380. The maximum atomic E-state index is 12.5. The number of hydrogen-bond donors (Lipinski definition) is 1. The summed E-state index contributed by atoms with van der Waals surface area (Å²) in [7, 11) is 0. The number of halogens is 4. The second-order valence-electron chi connectivity index (χ2n) is 3.27. The van der Waals surface area contributed by atoms with Gasteiger partial charge in [0.15, 0.2) is 0 Å². The molecule has 1 aromatic rings. The first-order valence-corrected chi connectivity index (χ1v) is 4.71. The first-order valence-electron chi connectivity index (χ1n) is 4.33. The highest BCUT2D eigenvalue weighted by Gasteiger charge is 2.34. The monoisotopic (exact) mass is 252 g/mol. The van der Waals surface area contributed by atoms with Crippen LogP contribution >= 0.6 is 11.6 Å². The Morgan fingerprint density at radius 2 is 2.00 bits per heavy atom. The van der Waals surface area contributed by atoms with Crippen LogP contribution in [0.2, 0.25) is 5.02 Å². The minimum atomic E-state index is -4.58. The van der Waals surface area contributed by atoms with Gasteiger partial charge in [-0.05, 0) is 18.6 Å². The zero-order valence-electron chi connectivity index (χ0n) is 8.18. The van der Waals surface area contributed by atoms with E-state index in [1.807, 2.05) is 0 Å². The van der Waals surface area contributed by atoms with Crippen LogP contribution in [0.4, 0.5) is 13.2 Å². The number of carbonyl (C=O) groups is 1. The first kappa shape index (κ1) is 12.8. The molecule has 0 radical (unpaired) electrons. The lowest BCUT2D eigenvalue weighted by Gasteiger charge is -2.14. The van der Waals surface area contributed by atoms with Crippen molar-refractivity contribution in [2.24, 2.45) is 0 Å². The van der Waals surface area contributed by atoms with Crippen LogP contribution in [0.3, 0.4) is 0 Å². The SMILES string of the molecule is C[C@H](C(=O)O)c1cccc(C(F)(F)F)c1Cl. The summed E-state index contributed by atoms with van der Waals surface area (Å²) in [6, 6.07) is 3.24. The van der Waals surface area contributed by atoms with E-state index in [1.165, 1.54) is 13.0 Å². The van der Waals surface area contributed by atoms with Gasteiger partial charge in [0.05, 0.1) is 16.5 Å². The Labute approximate surface area is 94.6 Å². The molecule has 0 saturated carbocycles. The van der Waals surface area contributed by atoms with Crippen molar-refractivity contribution in [3.63, 3.8) is 0 Å². The van der Waals surface area contributed by atoms with Crippen molar-refractivity contribution in [2.75, 3.05) is 0 Å². The number of benzene rings is 1. The Balaban J connectivity index is 3.30. The molecule has 0 aliphatic rings. The molecule has 0 spiro atoms. The molecule has 0 aliphatic heterocycles. The third-order valence-corrected chi connectivity index (χ3v) is 2.59. The molecule has 1 atom stereocenters. The molecule has 88 valence electrons. The molecule has 1 N–H and O–H groups in total. The number of hydrogen-bond acceptors (Lipinski definition) is 1. The Kier molecular flexibility index (Phi) is 3.48. The number of rotatable bonds is 2. The molecule has 6 heteroatoms. The molecule has 2 nitrogen and oxygen atoms in total. The van der Waals surface area contributed by atoms with E-state index in [2.05, 4.69) is 0 Å². The normalized spacial score (nSPS) is 13.6. The van der Waals surface area contributed by atoms with Gasteiger partial charge in [-0.15, -0.1) is 0 Å². The van der Waals surface area contributed by atoms with E-state index in [1.54, 1.807) is 0 Å². The summed E-state index contributed by atoms with van der Waals surface area (Å²) >= 11 is 5.55. The van der Waals surface area contributed by atoms with Crippen LogP contribution in [-0.4, -0.2) is 11.1 Å². The van der Waals surface area contributed by atoms with Gasteiger partial charge in [0.2, 0.25) is 0 Å². The predicted octanol–water partition coefficient (Wildman–Crippen LogP) is 3.55. The molecule has 0 aromatic heterocycles. The summed E-state index contributed by atoms with van der Waals surface area (Å²) in [5.41, 5.74) is -1.05. The lowest BCUT2D eigenvalue weighted by molar-refractivity contribution is -0.139. The van der Waals surface area contributed by atoms with Crippen molar-refractivity contribution in [1.29, 1.82) is 0 Å². The van der Waals surface area contributed by atoms with Crippen LogP contribution in [0.5, 0.6) is 0 Å². The molecule has 0 amide bonds. The van der Waals surface area contributed by atoms with Gasteiger partial charge in [0, 0.05) is 0 Å². The molecule has 0 heterocycles. The molecule has 16 heavy (non-hydrogen) atoms. The van der Waals surface area contributed by atoms with Gasteiger partial charge in [0.25, 0.3) is 0 Å². The van der Waals surface area contributed by atoms with Crippen molar-refractivity contribution in [1.82, 2.24) is 0 Å². The zero-order chi connectivity index (χ0) is 12.5. The zero-order valence-corrected chi connectivity index (χ0v) is 8.93. The number of carboxylic acid groups (broad SMARTS) is 1. The van der Waals surface area contributed by atoms with Crippen LogP contribution in [0.15, 0.2) is 18.2 Å². The highest BCUT2D eigenvalue weighted by atomic mass is 35.5. The van der Waals surface area contributed by atoms with Crippen molar-refractivity contribution >= 4 is 17.6 Å². The Morgan fingerprint density at radius 3 is 2.44 bits per heavy atom. The van der Waals surface area contributed by atoms with Gasteiger partial charge < -0.3 is 5.11 Å². The Hall–Kier alpha value is -1.23. The second-order valence-corrected chi connectivity index (χ2v) is 3.64. The van der Waals surface area contributed by atoms with E-state index in [-0.39, 0.29) is 5.56 Å². The van der Waals surface area contributed by atoms with Gasteiger partial charge in [-0.2, -0.15) is 13.2 Å². The molecule has 0 bridgehead atoms. The summed E-state index contributed by atoms with van der Waals surface area (Å²) < 4.78 is 37.4. The predicted molar refractivity (Wildman–Crippen MR) is 52.5 cm³/mol. The molecule has 0 saturated heterocycles. The van der Waals surface area contributed by atoms with E-state index in [9.17, 15) is 18.0 Å². The molecule has 1 aromatic carbocycles. The van der Waals surface area contributed by atoms with Gasteiger partial charge >= 0.3 is 12.1 Å². The molecule has 0 unspecified atom stereocenters. The van der Waals surface area contributed by atoms with Gasteiger partial charge in [-0.3, -0.25) is 4.79 Å². The van der Waals surface area contributed by atoms with Crippen molar-refractivity contribution in [3.8, 4) is 0 Å². The van der Waals surface area contributed by atoms with Crippen LogP contribution in [0.25, 0.3) is 0 Å². The fourth-order valence-electron chi connectivity index (χ4n) is 1.24. The highest BCUT2D eigenvalue weighted by Crippen LogP contribution is 2.38. The molecular formula is C10H8ClF3O2. The lowest BCUT2D eigenvalue weighted by atomic mass is 9.99. The fraction of sp³-hybridized carbons (Fsp3) is 0.300. The summed E-state index contributed by atoms with van der Waals surface area (Å²) in [4.78, 5) is 10.7. The van der Waals surface area contributed by atoms with E-state index in [0.717, 1.165) is 12.1 Å². The minimum Gasteiger partial charge on any atom is -0.481 e. The standard InChI is InChI=1S/C10H8ClF3O2/c1-5(9(15)16)6-3-2-4-7(8(6)11)10(12,13)14/h2-5H,1H3,(H,15,16)/t5-/m0/s1. The van der Waals surface area contributed by atoms with Crippen molar-refractivity contribution in [3.05, 3.63) is 34.3 Å². The molecule has 1 rings (SSSR count). The van der Waals surface area contributed by atoms with Gasteiger partial charge in [-0.1, -0.05) is 23.7 Å². The van der Waals surface area contributed by atoms with Crippen LogP contribution in [0, 0.1) is 0 Å². The van der Waals surface area contributed by atoms with Crippen molar-refractivity contribution < 1.29 is 23.1 Å². The maximum Gasteiger partial charge on any atom is 0.417 e.